The third kappa shape index (κ3) is 3.52. The van der Waals surface area contributed by atoms with E-state index in [1.165, 1.54) is 63.1 Å². The van der Waals surface area contributed by atoms with Crippen molar-refractivity contribution >= 4 is 17.7 Å². The van der Waals surface area contributed by atoms with Crippen LogP contribution in [0.25, 0.3) is 0 Å². The van der Waals surface area contributed by atoms with E-state index in [2.05, 4.69) is 20.4 Å². The number of likely N-dealkylation sites (tertiary alicyclic amines) is 1. The Bertz CT molecular complexity index is 635. The van der Waals surface area contributed by atoms with Crippen molar-refractivity contribution in [2.24, 2.45) is 17.8 Å². The first-order chi connectivity index (χ1) is 12.7. The molecule has 4 aliphatic carbocycles. The number of carbonyl (C=O) groups excluding carboxylic acids is 1. The number of nitrogens with zero attached hydrogens (tertiary/aromatic N) is 3. The van der Waals surface area contributed by atoms with Gasteiger partial charge in [-0.3, -0.25) is 9.69 Å². The van der Waals surface area contributed by atoms with Gasteiger partial charge in [-0.25, -0.2) is 0 Å². The molecule has 0 aromatic carbocycles. The zero-order valence-electron chi connectivity index (χ0n) is 15.3. The second-order valence-electron chi connectivity index (χ2n) is 8.98. The van der Waals surface area contributed by atoms with Crippen LogP contribution in [0.3, 0.4) is 0 Å². The smallest absolute Gasteiger partial charge is 0.277 e. The van der Waals surface area contributed by atoms with Gasteiger partial charge in [0.15, 0.2) is 0 Å². The summed E-state index contributed by atoms with van der Waals surface area (Å²) in [5, 5.41) is 12.1. The normalized spacial score (nSPS) is 35.9. The summed E-state index contributed by atoms with van der Waals surface area (Å²) in [6, 6.07) is 0. The molecule has 0 unspecified atom stereocenters. The first kappa shape index (κ1) is 17.0. The highest BCUT2D eigenvalue weighted by Gasteiger charge is 2.51. The summed E-state index contributed by atoms with van der Waals surface area (Å²) < 4.78 is 5.71. The molecule has 1 amide bonds. The largest absolute Gasteiger partial charge is 0.415 e. The molecule has 7 heteroatoms. The maximum absolute atomic E-state index is 12.6. The number of rotatable bonds is 6. The van der Waals surface area contributed by atoms with Gasteiger partial charge in [0.05, 0.1) is 12.3 Å². The molecule has 6 nitrogen and oxygen atoms in total. The Morgan fingerprint density at radius 1 is 1.12 bits per heavy atom. The maximum Gasteiger partial charge on any atom is 0.277 e. The molecule has 142 valence electrons. The van der Waals surface area contributed by atoms with Crippen molar-refractivity contribution < 1.29 is 9.21 Å². The van der Waals surface area contributed by atoms with Crippen molar-refractivity contribution in [2.75, 3.05) is 18.8 Å². The highest BCUT2D eigenvalue weighted by Crippen LogP contribution is 2.55. The van der Waals surface area contributed by atoms with Gasteiger partial charge in [0.1, 0.15) is 0 Å². The third-order valence-corrected chi connectivity index (χ3v) is 7.59. The van der Waals surface area contributed by atoms with Gasteiger partial charge in [-0.15, -0.1) is 10.2 Å². The molecule has 4 bridgehead atoms. The standard InChI is InChI=1S/C19H28N4O2S/c24-16(20-19-8-13-5-14(9-19)7-15(6-13)10-19)12-26-18-22-21-17(25-18)11-23-3-1-2-4-23/h13-15H,1-12H2,(H,20,24). The number of nitrogens with one attached hydrogen (secondary N) is 1. The summed E-state index contributed by atoms with van der Waals surface area (Å²) in [5.41, 5.74) is 0.0855. The quantitative estimate of drug-likeness (QED) is 0.770. The Labute approximate surface area is 158 Å². The molecule has 5 aliphatic rings. The van der Waals surface area contributed by atoms with Gasteiger partial charge >= 0.3 is 0 Å². The average molecular weight is 377 g/mol. The molecular weight excluding hydrogens is 348 g/mol. The Morgan fingerprint density at radius 2 is 1.77 bits per heavy atom. The first-order valence-corrected chi connectivity index (χ1v) is 11.1. The minimum absolute atomic E-state index is 0.0855. The van der Waals surface area contributed by atoms with Crippen molar-refractivity contribution in [1.82, 2.24) is 20.4 Å². The molecule has 26 heavy (non-hydrogen) atoms. The molecule has 1 N–H and O–H groups in total. The Hall–Kier alpha value is -1.08. The van der Waals surface area contributed by atoms with E-state index in [0.29, 0.717) is 16.9 Å². The lowest BCUT2D eigenvalue weighted by molar-refractivity contribution is -0.124. The van der Waals surface area contributed by atoms with E-state index in [-0.39, 0.29) is 11.4 Å². The predicted molar refractivity (Wildman–Crippen MR) is 98.6 cm³/mol. The fourth-order valence-electron chi connectivity index (χ4n) is 6.22. The molecule has 1 aliphatic heterocycles. The van der Waals surface area contributed by atoms with Crippen molar-refractivity contribution in [3.63, 3.8) is 0 Å². The van der Waals surface area contributed by atoms with Crippen LogP contribution in [0.5, 0.6) is 0 Å². The van der Waals surface area contributed by atoms with E-state index in [1.54, 1.807) is 0 Å². The minimum Gasteiger partial charge on any atom is -0.415 e. The van der Waals surface area contributed by atoms with E-state index >= 15 is 0 Å². The summed E-state index contributed by atoms with van der Waals surface area (Å²) >= 11 is 1.37. The van der Waals surface area contributed by atoms with Crippen molar-refractivity contribution in [3.05, 3.63) is 5.89 Å². The molecule has 1 saturated heterocycles. The maximum atomic E-state index is 12.6. The molecule has 1 aromatic rings. The first-order valence-electron chi connectivity index (χ1n) is 10.1. The van der Waals surface area contributed by atoms with Crippen LogP contribution in [0.15, 0.2) is 9.64 Å². The number of aromatic nitrogens is 2. The number of hydrogen-bond acceptors (Lipinski definition) is 6. The molecule has 1 aromatic heterocycles. The molecule has 5 fully saturated rings. The van der Waals surface area contributed by atoms with Gasteiger partial charge in [-0.05, 0) is 82.2 Å². The van der Waals surface area contributed by atoms with Gasteiger partial charge in [0.25, 0.3) is 5.22 Å². The molecule has 4 saturated carbocycles. The predicted octanol–water partition coefficient (Wildman–Crippen LogP) is 2.84. The van der Waals surface area contributed by atoms with Crippen molar-refractivity contribution in [2.45, 2.75) is 68.7 Å². The third-order valence-electron chi connectivity index (χ3n) is 6.78. The summed E-state index contributed by atoms with van der Waals surface area (Å²) in [4.78, 5) is 14.9. The Kier molecular flexibility index (Phi) is 4.47. The van der Waals surface area contributed by atoms with Gasteiger partial charge in [0.2, 0.25) is 11.8 Å². The zero-order valence-corrected chi connectivity index (χ0v) is 16.1. The van der Waals surface area contributed by atoms with Crippen LogP contribution in [-0.4, -0.2) is 45.4 Å². The highest BCUT2D eigenvalue weighted by molar-refractivity contribution is 7.99. The lowest BCUT2D eigenvalue weighted by Crippen LogP contribution is -2.60. The monoisotopic (exact) mass is 376 g/mol. The number of hydrogen-bond donors (Lipinski definition) is 1. The number of amides is 1. The SMILES string of the molecule is O=C(CSc1nnc(CN2CCCC2)o1)NC12CC3CC(CC(C3)C1)C2. The molecular formula is C19H28N4O2S. The fraction of sp³-hybridized carbons (Fsp3) is 0.842. The van der Waals surface area contributed by atoms with Crippen LogP contribution >= 0.6 is 11.8 Å². The highest BCUT2D eigenvalue weighted by atomic mass is 32.2. The van der Waals surface area contributed by atoms with E-state index in [9.17, 15) is 4.79 Å². The summed E-state index contributed by atoms with van der Waals surface area (Å²) in [6.45, 7) is 2.95. The lowest BCUT2D eigenvalue weighted by atomic mass is 9.53. The van der Waals surface area contributed by atoms with Crippen molar-refractivity contribution in [1.29, 1.82) is 0 Å². The minimum atomic E-state index is 0.0855. The van der Waals surface area contributed by atoms with Gasteiger partial charge in [-0.2, -0.15) is 0 Å². The van der Waals surface area contributed by atoms with E-state index in [1.807, 2.05) is 0 Å². The van der Waals surface area contributed by atoms with Crippen LogP contribution in [-0.2, 0) is 11.3 Å². The van der Waals surface area contributed by atoms with Gasteiger partial charge in [-0.1, -0.05) is 11.8 Å². The van der Waals surface area contributed by atoms with Crippen LogP contribution < -0.4 is 5.32 Å². The number of thioether (sulfide) groups is 1. The number of carbonyl (C=O) groups is 1. The summed E-state index contributed by atoms with van der Waals surface area (Å²) in [5.74, 6) is 3.69. The van der Waals surface area contributed by atoms with Crippen LogP contribution in [0.1, 0.15) is 57.3 Å². The Balaban J connectivity index is 1.13. The Morgan fingerprint density at radius 3 is 2.42 bits per heavy atom. The van der Waals surface area contributed by atoms with Crippen LogP contribution in [0, 0.1) is 17.8 Å². The van der Waals surface area contributed by atoms with Crippen molar-refractivity contribution in [3.8, 4) is 0 Å². The van der Waals surface area contributed by atoms with Crippen LogP contribution in [0.4, 0.5) is 0 Å². The van der Waals surface area contributed by atoms with Gasteiger partial charge < -0.3 is 9.73 Å². The summed E-state index contributed by atoms with van der Waals surface area (Å²) in [7, 11) is 0. The topological polar surface area (TPSA) is 71.3 Å². The second kappa shape index (κ2) is 6.82. The zero-order chi connectivity index (χ0) is 17.6. The van der Waals surface area contributed by atoms with E-state index in [0.717, 1.165) is 37.4 Å². The second-order valence-corrected chi connectivity index (χ2v) is 9.91. The lowest BCUT2D eigenvalue weighted by Gasteiger charge is -2.56. The van der Waals surface area contributed by atoms with E-state index in [4.69, 9.17) is 4.42 Å². The van der Waals surface area contributed by atoms with E-state index < -0.39 is 0 Å². The molecule has 0 radical (unpaired) electrons. The molecule has 0 atom stereocenters. The van der Waals surface area contributed by atoms with Crippen LogP contribution in [0.2, 0.25) is 0 Å². The molecule has 6 rings (SSSR count). The molecule has 0 spiro atoms. The molecule has 2 heterocycles. The average Bonchev–Trinajstić information content (AvgIpc) is 3.23. The van der Waals surface area contributed by atoms with Gasteiger partial charge in [0, 0.05) is 5.54 Å². The summed E-state index contributed by atoms with van der Waals surface area (Å²) in [6.07, 6.45) is 10.3. The fourth-order valence-corrected chi connectivity index (χ4v) is 6.80.